The molecule has 214 valence electrons. The molecule has 1 N–H and O–H groups in total. The molecular formula is C29H30N4O5S3. The van der Waals surface area contributed by atoms with Crippen molar-refractivity contribution in [2.24, 2.45) is 0 Å². The van der Waals surface area contributed by atoms with Gasteiger partial charge in [-0.1, -0.05) is 18.6 Å². The van der Waals surface area contributed by atoms with Crippen molar-refractivity contribution in [3.05, 3.63) is 64.5 Å². The summed E-state index contributed by atoms with van der Waals surface area (Å²) in [5.74, 6) is -0.342. The van der Waals surface area contributed by atoms with Crippen LogP contribution >= 0.6 is 22.7 Å². The first-order valence-electron chi connectivity index (χ1n) is 13.5. The van der Waals surface area contributed by atoms with E-state index in [1.54, 1.807) is 32.7 Å². The number of piperidine rings is 1. The molecule has 0 aliphatic carbocycles. The number of rotatable bonds is 5. The highest BCUT2D eigenvalue weighted by atomic mass is 32.2. The maximum absolute atomic E-state index is 13.5. The van der Waals surface area contributed by atoms with Crippen molar-refractivity contribution < 1.29 is 22.7 Å². The fraction of sp³-hybridized carbons (Fsp3) is 0.345. The van der Waals surface area contributed by atoms with Crippen LogP contribution in [0.15, 0.2) is 53.4 Å². The number of carbonyl (C=O) groups excluding carboxylic acids is 2. The predicted molar refractivity (Wildman–Crippen MR) is 161 cm³/mol. The van der Waals surface area contributed by atoms with Gasteiger partial charge in [0.1, 0.15) is 10.0 Å². The molecular weight excluding hydrogens is 581 g/mol. The number of hydrogen-bond donors (Lipinski definition) is 1. The van der Waals surface area contributed by atoms with Crippen LogP contribution in [-0.4, -0.2) is 60.8 Å². The van der Waals surface area contributed by atoms with Gasteiger partial charge in [0.15, 0.2) is 0 Å². The fourth-order valence-electron chi connectivity index (χ4n) is 5.50. The van der Waals surface area contributed by atoms with Gasteiger partial charge in [0.05, 0.1) is 28.8 Å². The number of para-hydroxylation sites is 1. The number of thiophene rings is 1. The summed E-state index contributed by atoms with van der Waals surface area (Å²) < 4.78 is 34.0. The molecule has 1 unspecified atom stereocenters. The summed E-state index contributed by atoms with van der Waals surface area (Å²) in [7, 11) is -2.26. The molecule has 1 atom stereocenters. The molecule has 1 saturated heterocycles. The van der Waals surface area contributed by atoms with Crippen LogP contribution in [0.25, 0.3) is 20.8 Å². The highest BCUT2D eigenvalue weighted by Gasteiger charge is 2.32. The summed E-state index contributed by atoms with van der Waals surface area (Å²) >= 11 is 2.99. The van der Waals surface area contributed by atoms with Crippen molar-refractivity contribution >= 4 is 59.9 Å². The Hall–Kier alpha value is -3.32. The molecule has 2 amide bonds. The third-order valence-electron chi connectivity index (χ3n) is 7.69. The number of nitrogens with zero attached hydrogens (tertiary/aromatic N) is 3. The van der Waals surface area contributed by atoms with Gasteiger partial charge in [-0.2, -0.15) is 4.31 Å². The lowest BCUT2D eigenvalue weighted by atomic mass is 10.0. The van der Waals surface area contributed by atoms with Crippen molar-refractivity contribution in [1.82, 2.24) is 14.2 Å². The van der Waals surface area contributed by atoms with Gasteiger partial charge < -0.3 is 15.0 Å². The van der Waals surface area contributed by atoms with E-state index in [1.807, 2.05) is 31.2 Å². The Kier molecular flexibility index (Phi) is 7.58. The number of aromatic nitrogens is 1. The SMILES string of the molecule is COC(=O)N1CCc2c(sc(NC(=O)c3ccc(S(=O)(=O)N4CCCCC4C)cc3)c2-c2nc3ccccc3s2)C1. The largest absolute Gasteiger partial charge is 0.453 e. The van der Waals surface area contributed by atoms with Gasteiger partial charge in [-0.25, -0.2) is 18.2 Å². The monoisotopic (exact) mass is 610 g/mol. The molecule has 1 fully saturated rings. The van der Waals surface area contributed by atoms with Gasteiger partial charge in [-0.3, -0.25) is 4.79 Å². The number of sulfonamides is 1. The summed E-state index contributed by atoms with van der Waals surface area (Å²) in [6, 6.07) is 14.0. The van der Waals surface area contributed by atoms with Crippen molar-refractivity contribution in [3.8, 4) is 10.6 Å². The second-order valence-electron chi connectivity index (χ2n) is 10.3. The van der Waals surface area contributed by atoms with Crippen LogP contribution in [-0.2, 0) is 27.7 Å². The van der Waals surface area contributed by atoms with E-state index in [-0.39, 0.29) is 22.9 Å². The Bertz CT molecular complexity index is 1700. The first kappa shape index (κ1) is 27.8. The van der Waals surface area contributed by atoms with E-state index in [4.69, 9.17) is 9.72 Å². The number of carbonyl (C=O) groups is 2. The third kappa shape index (κ3) is 5.25. The van der Waals surface area contributed by atoms with Crippen LogP contribution in [0.4, 0.5) is 9.80 Å². The number of methoxy groups -OCH3 is 1. The number of fused-ring (bicyclic) bond motifs is 2. The van der Waals surface area contributed by atoms with Crippen LogP contribution in [0.2, 0.25) is 0 Å². The van der Waals surface area contributed by atoms with E-state index in [2.05, 4.69) is 5.32 Å². The lowest BCUT2D eigenvalue weighted by molar-refractivity contribution is 0.102. The number of amides is 2. The van der Waals surface area contributed by atoms with Crippen LogP contribution in [0.3, 0.4) is 0 Å². The summed E-state index contributed by atoms with van der Waals surface area (Å²) in [4.78, 5) is 33.3. The molecule has 6 rings (SSSR count). The van der Waals surface area contributed by atoms with Gasteiger partial charge in [0.25, 0.3) is 5.91 Å². The van der Waals surface area contributed by atoms with E-state index < -0.39 is 10.0 Å². The molecule has 41 heavy (non-hydrogen) atoms. The van der Waals surface area contributed by atoms with Gasteiger partial charge in [-0.05, 0) is 68.1 Å². The summed E-state index contributed by atoms with van der Waals surface area (Å²) in [6.07, 6.45) is 2.95. The number of anilines is 1. The van der Waals surface area contributed by atoms with Crippen molar-refractivity contribution in [1.29, 1.82) is 0 Å². The van der Waals surface area contributed by atoms with E-state index in [0.717, 1.165) is 50.5 Å². The highest BCUT2D eigenvalue weighted by molar-refractivity contribution is 7.89. The quantitative estimate of drug-likeness (QED) is 0.299. The Labute approximate surface area is 246 Å². The third-order valence-corrected chi connectivity index (χ3v) is 11.9. The van der Waals surface area contributed by atoms with Crippen molar-refractivity contribution in [2.75, 3.05) is 25.5 Å². The van der Waals surface area contributed by atoms with Crippen molar-refractivity contribution in [2.45, 2.75) is 50.1 Å². The summed E-state index contributed by atoms with van der Waals surface area (Å²) in [5.41, 5.74) is 3.19. The Morgan fingerprint density at radius 3 is 2.56 bits per heavy atom. The van der Waals surface area contributed by atoms with Gasteiger partial charge in [-0.15, -0.1) is 22.7 Å². The van der Waals surface area contributed by atoms with E-state index >= 15 is 0 Å². The lowest BCUT2D eigenvalue weighted by Crippen LogP contribution is -2.41. The number of nitrogens with one attached hydrogen (secondary N) is 1. The first-order chi connectivity index (χ1) is 19.8. The number of hydrogen-bond acceptors (Lipinski definition) is 8. The zero-order valence-electron chi connectivity index (χ0n) is 22.8. The molecule has 12 heteroatoms. The minimum absolute atomic E-state index is 0.0439. The van der Waals surface area contributed by atoms with E-state index in [0.29, 0.717) is 36.6 Å². The minimum Gasteiger partial charge on any atom is -0.453 e. The standard InChI is InChI=1S/C29H30N4O5S3/c1-18-7-5-6-15-33(18)41(36,37)20-12-10-19(11-13-20)26(34)31-28-25(27-30-22-8-3-4-9-23(22)39-27)21-14-16-32(29(35)38-2)17-24(21)40-28/h3-4,8-13,18H,5-7,14-17H2,1-2H3,(H,31,34). The van der Waals surface area contributed by atoms with Gasteiger partial charge in [0, 0.05) is 35.1 Å². The Balaban J connectivity index is 1.31. The molecule has 9 nitrogen and oxygen atoms in total. The summed E-state index contributed by atoms with van der Waals surface area (Å²) in [6.45, 7) is 3.35. The van der Waals surface area contributed by atoms with Crippen LogP contribution in [0, 0.1) is 0 Å². The maximum Gasteiger partial charge on any atom is 0.409 e. The molecule has 0 saturated carbocycles. The first-order valence-corrected chi connectivity index (χ1v) is 16.6. The highest BCUT2D eigenvalue weighted by Crippen LogP contribution is 2.46. The van der Waals surface area contributed by atoms with Crippen molar-refractivity contribution in [3.63, 3.8) is 0 Å². The Morgan fingerprint density at radius 2 is 1.83 bits per heavy atom. The summed E-state index contributed by atoms with van der Waals surface area (Å²) in [5, 5.41) is 4.53. The van der Waals surface area contributed by atoms with E-state index in [9.17, 15) is 18.0 Å². The number of ether oxygens (including phenoxy) is 1. The molecule has 2 aliphatic heterocycles. The predicted octanol–water partition coefficient (Wildman–Crippen LogP) is 5.96. The smallest absolute Gasteiger partial charge is 0.409 e. The molecule has 0 spiro atoms. The average molecular weight is 611 g/mol. The maximum atomic E-state index is 13.5. The molecule has 2 aliphatic rings. The molecule has 2 aromatic heterocycles. The second kappa shape index (κ2) is 11.2. The second-order valence-corrected chi connectivity index (χ2v) is 14.3. The molecule has 4 heterocycles. The normalized spacial score (nSPS) is 17.8. The average Bonchev–Trinajstić information content (AvgIpc) is 3.57. The van der Waals surface area contributed by atoms with Gasteiger partial charge >= 0.3 is 6.09 Å². The zero-order chi connectivity index (χ0) is 28.7. The molecule has 2 aromatic carbocycles. The number of thiazole rings is 1. The Morgan fingerprint density at radius 1 is 1.05 bits per heavy atom. The van der Waals surface area contributed by atoms with Crippen LogP contribution in [0.1, 0.15) is 47.0 Å². The minimum atomic E-state index is -3.63. The molecule has 0 bridgehead atoms. The van der Waals surface area contributed by atoms with Crippen LogP contribution in [0.5, 0.6) is 0 Å². The fourth-order valence-corrected chi connectivity index (χ4v) is 9.57. The van der Waals surface area contributed by atoms with Crippen LogP contribution < -0.4 is 5.32 Å². The molecule has 0 radical (unpaired) electrons. The topological polar surface area (TPSA) is 109 Å². The lowest BCUT2D eigenvalue weighted by Gasteiger charge is -2.32. The zero-order valence-corrected chi connectivity index (χ0v) is 25.2. The van der Waals surface area contributed by atoms with Gasteiger partial charge in [0.2, 0.25) is 10.0 Å². The molecule has 4 aromatic rings. The number of benzene rings is 2. The van der Waals surface area contributed by atoms with E-state index in [1.165, 1.54) is 30.6 Å².